The van der Waals surface area contributed by atoms with E-state index >= 15 is 0 Å². The van der Waals surface area contributed by atoms with Gasteiger partial charge in [0.25, 0.3) is 0 Å². The lowest BCUT2D eigenvalue weighted by Crippen LogP contribution is -2.08. The first kappa shape index (κ1) is 12.1. The van der Waals surface area contributed by atoms with Crippen LogP contribution in [0.5, 0.6) is 5.88 Å². The third-order valence-electron chi connectivity index (χ3n) is 1.67. The Balaban J connectivity index is 2.42. The van der Waals surface area contributed by atoms with E-state index in [0.717, 1.165) is 18.7 Å². The number of rotatable bonds is 7. The molecule has 0 radical (unpaired) electrons. The maximum atomic E-state index is 5.41. The van der Waals surface area contributed by atoms with Crippen molar-refractivity contribution < 1.29 is 4.74 Å². The molecule has 1 aromatic rings. The summed E-state index contributed by atoms with van der Waals surface area (Å²) in [6.07, 6.45) is 4.77. The lowest BCUT2D eigenvalue weighted by molar-refractivity contribution is 0.305. The molecule has 0 atom stereocenters. The summed E-state index contributed by atoms with van der Waals surface area (Å²) in [6.45, 7) is 3.64. The van der Waals surface area contributed by atoms with Crippen molar-refractivity contribution in [1.82, 2.24) is 9.97 Å². The number of aromatic nitrogens is 2. The third kappa shape index (κ3) is 4.88. The fraction of sp³-hybridized carbons (Fsp3) is 0.600. The lowest BCUT2D eigenvalue weighted by atomic mass is 10.5. The summed E-state index contributed by atoms with van der Waals surface area (Å²) in [5, 5.41) is 3.14. The number of hydrogen-bond acceptors (Lipinski definition) is 5. The second kappa shape index (κ2) is 7.34. The Hall–Kier alpha value is -0.970. The molecule has 1 aromatic heterocycles. The molecule has 4 nitrogen and oxygen atoms in total. The molecule has 0 aromatic carbocycles. The highest BCUT2D eigenvalue weighted by Crippen LogP contribution is 2.08. The molecule has 0 spiro atoms. The smallest absolute Gasteiger partial charge is 0.225 e. The van der Waals surface area contributed by atoms with E-state index in [1.165, 1.54) is 0 Å². The second-order valence-corrected chi connectivity index (χ2v) is 3.97. The van der Waals surface area contributed by atoms with Crippen LogP contribution in [0.15, 0.2) is 12.3 Å². The molecular weight excluding hydrogens is 210 g/mol. The summed E-state index contributed by atoms with van der Waals surface area (Å²) in [5.74, 6) is 2.32. The number of hydrogen-bond donors (Lipinski definition) is 1. The van der Waals surface area contributed by atoms with Gasteiger partial charge in [-0.3, -0.25) is 0 Å². The van der Waals surface area contributed by atoms with Crippen LogP contribution in [0.1, 0.15) is 13.3 Å². The maximum absolute atomic E-state index is 5.41. The van der Waals surface area contributed by atoms with Crippen LogP contribution in [0.2, 0.25) is 0 Å². The van der Waals surface area contributed by atoms with E-state index in [4.69, 9.17) is 4.74 Å². The van der Waals surface area contributed by atoms with E-state index in [1.54, 1.807) is 24.0 Å². The summed E-state index contributed by atoms with van der Waals surface area (Å²) >= 11 is 1.79. The third-order valence-corrected chi connectivity index (χ3v) is 2.29. The van der Waals surface area contributed by atoms with Gasteiger partial charge in [0.1, 0.15) is 0 Å². The molecule has 5 heteroatoms. The van der Waals surface area contributed by atoms with Crippen LogP contribution in [-0.4, -0.2) is 35.1 Å². The fourth-order valence-electron chi connectivity index (χ4n) is 0.979. The van der Waals surface area contributed by atoms with Gasteiger partial charge in [0.15, 0.2) is 0 Å². The molecule has 1 N–H and O–H groups in total. The van der Waals surface area contributed by atoms with Crippen LogP contribution in [0.4, 0.5) is 5.95 Å². The molecule has 0 saturated heterocycles. The van der Waals surface area contributed by atoms with Crippen molar-refractivity contribution in [2.24, 2.45) is 0 Å². The van der Waals surface area contributed by atoms with E-state index in [0.29, 0.717) is 18.4 Å². The number of thioether (sulfide) groups is 1. The van der Waals surface area contributed by atoms with Gasteiger partial charge < -0.3 is 10.1 Å². The molecule has 1 rings (SSSR count). The summed E-state index contributed by atoms with van der Waals surface area (Å²) in [7, 11) is 0. The number of ether oxygens (including phenoxy) is 1. The molecule has 84 valence electrons. The summed E-state index contributed by atoms with van der Waals surface area (Å²) in [5.41, 5.74) is 0. The van der Waals surface area contributed by atoms with Crippen molar-refractivity contribution in [3.05, 3.63) is 12.3 Å². The Kier molecular flexibility index (Phi) is 5.92. The van der Waals surface area contributed by atoms with Crippen molar-refractivity contribution >= 4 is 17.7 Å². The highest BCUT2D eigenvalue weighted by atomic mass is 32.2. The zero-order valence-corrected chi connectivity index (χ0v) is 10.0. The van der Waals surface area contributed by atoms with Crippen molar-refractivity contribution in [2.75, 3.05) is 30.5 Å². The van der Waals surface area contributed by atoms with E-state index in [1.807, 2.05) is 0 Å². The van der Waals surface area contributed by atoms with Crippen LogP contribution in [-0.2, 0) is 0 Å². The first-order chi connectivity index (χ1) is 7.36. The summed E-state index contributed by atoms with van der Waals surface area (Å²) in [4.78, 5) is 8.34. The Bertz CT molecular complexity index is 283. The van der Waals surface area contributed by atoms with Crippen LogP contribution in [0.25, 0.3) is 0 Å². The molecule has 0 amide bonds. The molecule has 0 fully saturated rings. The van der Waals surface area contributed by atoms with Gasteiger partial charge in [-0.1, -0.05) is 6.92 Å². The molecule has 0 saturated carbocycles. The van der Waals surface area contributed by atoms with Crippen LogP contribution in [0.3, 0.4) is 0 Å². The lowest BCUT2D eigenvalue weighted by Gasteiger charge is -2.06. The van der Waals surface area contributed by atoms with Crippen molar-refractivity contribution in [2.45, 2.75) is 13.3 Å². The molecular formula is C10H17N3OS. The Morgan fingerprint density at radius 3 is 3.13 bits per heavy atom. The molecule has 15 heavy (non-hydrogen) atoms. The largest absolute Gasteiger partial charge is 0.478 e. The van der Waals surface area contributed by atoms with E-state index < -0.39 is 0 Å². The SMILES string of the molecule is CCCOc1ccnc(NCCSC)n1. The van der Waals surface area contributed by atoms with E-state index in [9.17, 15) is 0 Å². The predicted molar refractivity (Wildman–Crippen MR) is 64.7 cm³/mol. The maximum Gasteiger partial charge on any atom is 0.225 e. The van der Waals surface area contributed by atoms with Gasteiger partial charge in [-0.05, 0) is 12.7 Å². The van der Waals surface area contributed by atoms with Crippen molar-refractivity contribution in [1.29, 1.82) is 0 Å². The first-order valence-electron chi connectivity index (χ1n) is 5.05. The summed E-state index contributed by atoms with van der Waals surface area (Å²) in [6, 6.07) is 1.77. The van der Waals surface area contributed by atoms with E-state index in [2.05, 4.69) is 28.5 Å². The molecule has 0 unspecified atom stereocenters. The zero-order valence-electron chi connectivity index (χ0n) is 9.19. The fourth-order valence-corrected chi connectivity index (χ4v) is 1.29. The first-order valence-corrected chi connectivity index (χ1v) is 6.45. The average molecular weight is 227 g/mol. The molecule has 0 aliphatic carbocycles. The van der Waals surface area contributed by atoms with Gasteiger partial charge in [0.05, 0.1) is 6.61 Å². The number of nitrogens with zero attached hydrogens (tertiary/aromatic N) is 2. The second-order valence-electron chi connectivity index (χ2n) is 2.99. The predicted octanol–water partition coefficient (Wildman–Crippen LogP) is 2.04. The quantitative estimate of drug-likeness (QED) is 0.722. The van der Waals surface area contributed by atoms with Crippen LogP contribution in [0, 0.1) is 0 Å². The summed E-state index contributed by atoms with van der Waals surface area (Å²) < 4.78 is 5.41. The van der Waals surface area contributed by atoms with Crippen molar-refractivity contribution in [3.63, 3.8) is 0 Å². The monoisotopic (exact) mass is 227 g/mol. The topological polar surface area (TPSA) is 47.0 Å². The minimum Gasteiger partial charge on any atom is -0.478 e. The number of nitrogens with one attached hydrogen (secondary N) is 1. The molecule has 0 bridgehead atoms. The minimum atomic E-state index is 0.637. The Morgan fingerprint density at radius 2 is 2.40 bits per heavy atom. The standard InChI is InChI=1S/C10H17N3OS/c1-3-7-14-9-4-5-11-10(13-9)12-6-8-15-2/h4-5H,3,6-8H2,1-2H3,(H,11,12,13). The van der Waals surface area contributed by atoms with E-state index in [-0.39, 0.29) is 0 Å². The van der Waals surface area contributed by atoms with Gasteiger partial charge in [-0.2, -0.15) is 16.7 Å². The Labute approximate surface area is 94.8 Å². The van der Waals surface area contributed by atoms with Gasteiger partial charge in [-0.25, -0.2) is 4.98 Å². The van der Waals surface area contributed by atoms with Gasteiger partial charge in [0.2, 0.25) is 11.8 Å². The number of anilines is 1. The minimum absolute atomic E-state index is 0.637. The molecule has 1 heterocycles. The van der Waals surface area contributed by atoms with Gasteiger partial charge in [0, 0.05) is 24.6 Å². The average Bonchev–Trinajstić information content (AvgIpc) is 2.27. The Morgan fingerprint density at radius 1 is 1.53 bits per heavy atom. The molecule has 0 aliphatic heterocycles. The normalized spacial score (nSPS) is 10.0. The van der Waals surface area contributed by atoms with Gasteiger partial charge >= 0.3 is 0 Å². The molecule has 0 aliphatic rings. The highest BCUT2D eigenvalue weighted by Gasteiger charge is 1.98. The van der Waals surface area contributed by atoms with Crippen molar-refractivity contribution in [3.8, 4) is 5.88 Å². The van der Waals surface area contributed by atoms with Crippen LogP contribution < -0.4 is 10.1 Å². The zero-order chi connectivity index (χ0) is 10.9. The highest BCUT2D eigenvalue weighted by molar-refractivity contribution is 7.98. The van der Waals surface area contributed by atoms with Gasteiger partial charge in [-0.15, -0.1) is 0 Å². The van der Waals surface area contributed by atoms with Crippen LogP contribution >= 0.6 is 11.8 Å².